The maximum atomic E-state index is 4.82. The van der Waals surface area contributed by atoms with E-state index in [-0.39, 0.29) is 0 Å². The van der Waals surface area contributed by atoms with Gasteiger partial charge in [-0.25, -0.2) is 0 Å². The van der Waals surface area contributed by atoms with Crippen molar-refractivity contribution in [1.82, 2.24) is 14.1 Å². The molecule has 8 aromatic rings. The topological polar surface area (TPSA) is 22.8 Å². The van der Waals surface area contributed by atoms with Crippen molar-refractivity contribution in [3.05, 3.63) is 140 Å². The Labute approximate surface area is 219 Å². The van der Waals surface area contributed by atoms with Gasteiger partial charge in [-0.05, 0) is 54.1 Å². The lowest BCUT2D eigenvalue weighted by Crippen LogP contribution is -1.95. The molecule has 8 rings (SSSR count). The van der Waals surface area contributed by atoms with Crippen LogP contribution in [0.4, 0.5) is 0 Å². The van der Waals surface area contributed by atoms with Crippen molar-refractivity contribution in [3.8, 4) is 22.5 Å². The lowest BCUT2D eigenvalue weighted by molar-refractivity contribution is 1.17. The molecule has 0 saturated carbocycles. The summed E-state index contributed by atoms with van der Waals surface area (Å²) in [6.45, 7) is 0. The summed E-state index contributed by atoms with van der Waals surface area (Å²) in [5.41, 5.74) is 10.4. The van der Waals surface area contributed by atoms with Crippen molar-refractivity contribution in [1.29, 1.82) is 0 Å². The average molecular weight is 486 g/mol. The molecule has 0 atom stereocenters. The van der Waals surface area contributed by atoms with E-state index >= 15 is 0 Å². The Bertz CT molecular complexity index is 2120. The highest BCUT2D eigenvalue weighted by Gasteiger charge is 2.20. The molecule has 0 amide bonds. The molecular weight excluding hydrogens is 462 g/mol. The maximum absolute atomic E-state index is 4.82. The molecule has 0 fully saturated rings. The van der Waals surface area contributed by atoms with E-state index < -0.39 is 0 Å². The lowest BCUT2D eigenvalue weighted by Gasteiger charge is -2.13. The van der Waals surface area contributed by atoms with E-state index in [0.29, 0.717) is 0 Å². The molecule has 0 unspecified atom stereocenters. The summed E-state index contributed by atoms with van der Waals surface area (Å²) in [7, 11) is 0. The summed E-state index contributed by atoms with van der Waals surface area (Å²) >= 11 is 0. The molecular formula is C35H23N3. The first kappa shape index (κ1) is 21.0. The summed E-state index contributed by atoms with van der Waals surface area (Å²) in [5, 5.41) is 3.67. The molecule has 38 heavy (non-hydrogen) atoms. The SMILES string of the molecule is c1ccc(-n2c3ccccc3c3c(-c4cccc5c6ncccc6n(-c6ccccc6)c45)cccc32)cc1. The van der Waals surface area contributed by atoms with E-state index in [1.165, 1.54) is 38.4 Å². The smallest absolute Gasteiger partial charge is 0.0963 e. The Morgan fingerprint density at radius 1 is 0.421 bits per heavy atom. The van der Waals surface area contributed by atoms with Crippen LogP contribution in [0, 0.1) is 0 Å². The van der Waals surface area contributed by atoms with E-state index in [2.05, 4.69) is 137 Å². The van der Waals surface area contributed by atoms with Crippen LogP contribution in [0.25, 0.3) is 66.2 Å². The van der Waals surface area contributed by atoms with Crippen molar-refractivity contribution in [2.45, 2.75) is 0 Å². The third kappa shape index (κ3) is 2.93. The van der Waals surface area contributed by atoms with Crippen LogP contribution in [-0.2, 0) is 0 Å². The van der Waals surface area contributed by atoms with Crippen LogP contribution in [0.2, 0.25) is 0 Å². The van der Waals surface area contributed by atoms with Crippen LogP contribution in [-0.4, -0.2) is 14.1 Å². The Balaban J connectivity index is 1.55. The number of nitrogens with zero attached hydrogens (tertiary/aromatic N) is 3. The number of para-hydroxylation sites is 4. The normalized spacial score (nSPS) is 11.7. The molecule has 3 heterocycles. The van der Waals surface area contributed by atoms with Gasteiger partial charge in [0.15, 0.2) is 0 Å². The molecule has 0 aliphatic carbocycles. The zero-order chi connectivity index (χ0) is 25.1. The van der Waals surface area contributed by atoms with Gasteiger partial charge >= 0.3 is 0 Å². The quantitative estimate of drug-likeness (QED) is 0.245. The van der Waals surface area contributed by atoms with E-state index in [1.807, 2.05) is 12.3 Å². The van der Waals surface area contributed by atoms with E-state index in [4.69, 9.17) is 4.98 Å². The molecule has 0 saturated heterocycles. The fourth-order valence-electron chi connectivity index (χ4n) is 6.04. The maximum Gasteiger partial charge on any atom is 0.0963 e. The number of fused-ring (bicyclic) bond motifs is 6. The van der Waals surface area contributed by atoms with Crippen LogP contribution in [0.5, 0.6) is 0 Å². The second-order valence-corrected chi connectivity index (χ2v) is 9.63. The van der Waals surface area contributed by atoms with Crippen molar-refractivity contribution in [2.75, 3.05) is 0 Å². The van der Waals surface area contributed by atoms with Gasteiger partial charge in [-0.1, -0.05) is 84.9 Å². The van der Waals surface area contributed by atoms with Gasteiger partial charge in [0.25, 0.3) is 0 Å². The monoisotopic (exact) mass is 485 g/mol. The van der Waals surface area contributed by atoms with Crippen LogP contribution in [0.1, 0.15) is 0 Å². The first-order valence-corrected chi connectivity index (χ1v) is 12.9. The lowest BCUT2D eigenvalue weighted by atomic mass is 9.97. The summed E-state index contributed by atoms with van der Waals surface area (Å²) in [5.74, 6) is 0. The average Bonchev–Trinajstić information content (AvgIpc) is 3.51. The molecule has 0 spiro atoms. The molecule has 0 aliphatic rings. The second-order valence-electron chi connectivity index (χ2n) is 9.63. The zero-order valence-electron chi connectivity index (χ0n) is 20.6. The van der Waals surface area contributed by atoms with Gasteiger partial charge < -0.3 is 9.13 Å². The second kappa shape index (κ2) is 8.19. The van der Waals surface area contributed by atoms with Gasteiger partial charge in [0.05, 0.1) is 27.6 Å². The van der Waals surface area contributed by atoms with Gasteiger partial charge in [0.2, 0.25) is 0 Å². The number of rotatable bonds is 3. The molecule has 0 bridgehead atoms. The van der Waals surface area contributed by atoms with E-state index in [0.717, 1.165) is 27.8 Å². The minimum atomic E-state index is 1.02. The summed E-state index contributed by atoms with van der Waals surface area (Å²) in [6.07, 6.45) is 1.89. The van der Waals surface area contributed by atoms with Gasteiger partial charge in [-0.15, -0.1) is 0 Å². The molecule has 3 nitrogen and oxygen atoms in total. The fraction of sp³-hybridized carbons (Fsp3) is 0. The highest BCUT2D eigenvalue weighted by atomic mass is 15.0. The standard InChI is InChI=1S/C35H23N3/c1-3-12-24(13-4-1)37-30-20-8-7-16-28(30)33-26(17-10-21-31(33)37)27-18-9-19-29-34-32(22-11-23-36-34)38(35(27)29)25-14-5-2-6-15-25/h1-23H. The van der Waals surface area contributed by atoms with E-state index in [9.17, 15) is 0 Å². The third-order valence-electron chi connectivity index (χ3n) is 7.56. The summed E-state index contributed by atoms with van der Waals surface area (Å²) in [4.78, 5) is 4.82. The van der Waals surface area contributed by atoms with Crippen LogP contribution in [0.15, 0.2) is 140 Å². The number of benzene rings is 5. The van der Waals surface area contributed by atoms with Gasteiger partial charge in [0, 0.05) is 39.3 Å². The summed E-state index contributed by atoms with van der Waals surface area (Å²) in [6, 6.07) is 47.4. The Kier molecular flexibility index (Phi) is 4.52. The Hall–Kier alpha value is -5.15. The Morgan fingerprint density at radius 3 is 1.84 bits per heavy atom. The number of aromatic nitrogens is 3. The number of pyridine rings is 1. The van der Waals surface area contributed by atoms with Crippen LogP contribution in [0.3, 0.4) is 0 Å². The zero-order valence-corrected chi connectivity index (χ0v) is 20.6. The van der Waals surface area contributed by atoms with Crippen molar-refractivity contribution < 1.29 is 0 Å². The molecule has 0 N–H and O–H groups in total. The molecule has 3 aromatic heterocycles. The fourth-order valence-corrected chi connectivity index (χ4v) is 6.04. The largest absolute Gasteiger partial charge is 0.309 e. The van der Waals surface area contributed by atoms with Crippen molar-refractivity contribution >= 4 is 43.7 Å². The molecule has 5 aromatic carbocycles. The van der Waals surface area contributed by atoms with Gasteiger partial charge in [0.1, 0.15) is 0 Å². The molecule has 0 radical (unpaired) electrons. The predicted octanol–water partition coefficient (Wildman–Crippen LogP) is 8.94. The third-order valence-corrected chi connectivity index (χ3v) is 7.56. The first-order chi connectivity index (χ1) is 18.9. The highest BCUT2D eigenvalue weighted by Crippen LogP contribution is 2.42. The highest BCUT2D eigenvalue weighted by molar-refractivity contribution is 6.20. The van der Waals surface area contributed by atoms with Gasteiger partial charge in [-0.3, -0.25) is 4.98 Å². The van der Waals surface area contributed by atoms with Crippen LogP contribution < -0.4 is 0 Å². The van der Waals surface area contributed by atoms with Crippen molar-refractivity contribution in [2.24, 2.45) is 0 Å². The predicted molar refractivity (Wildman–Crippen MR) is 158 cm³/mol. The van der Waals surface area contributed by atoms with Crippen molar-refractivity contribution in [3.63, 3.8) is 0 Å². The van der Waals surface area contributed by atoms with Gasteiger partial charge in [-0.2, -0.15) is 0 Å². The molecule has 3 heteroatoms. The molecule has 0 aliphatic heterocycles. The minimum Gasteiger partial charge on any atom is -0.309 e. The Morgan fingerprint density at radius 2 is 1.03 bits per heavy atom. The number of hydrogen-bond donors (Lipinski definition) is 0. The first-order valence-electron chi connectivity index (χ1n) is 12.9. The minimum absolute atomic E-state index is 1.02. The van der Waals surface area contributed by atoms with Crippen LogP contribution >= 0.6 is 0 Å². The van der Waals surface area contributed by atoms with E-state index in [1.54, 1.807) is 0 Å². The number of hydrogen-bond acceptors (Lipinski definition) is 1. The molecule has 178 valence electrons. The summed E-state index contributed by atoms with van der Waals surface area (Å²) < 4.78 is 4.74.